The van der Waals surface area contributed by atoms with Gasteiger partial charge in [-0.15, -0.1) is 0 Å². The van der Waals surface area contributed by atoms with E-state index in [0.29, 0.717) is 26.2 Å². The Hall–Kier alpha value is -4.10. The summed E-state index contributed by atoms with van der Waals surface area (Å²) in [6.45, 7) is 1.94. The number of carbonyl (C=O) groups excluding carboxylic acids is 1. The fourth-order valence-electron chi connectivity index (χ4n) is 4.10. The zero-order valence-electron chi connectivity index (χ0n) is 18.9. The molecule has 5 rings (SSSR count). The summed E-state index contributed by atoms with van der Waals surface area (Å²) in [5, 5.41) is 0. The van der Waals surface area contributed by atoms with E-state index in [1.165, 1.54) is 23.5 Å². The Morgan fingerprint density at radius 1 is 1.03 bits per heavy atom. The molecule has 0 bridgehead atoms. The SMILES string of the molecule is CCOC(=O)C1=C(c2ccccc2)N=c2sc(=Cc3ccc(F)cc3)c(=O)n2C1c1ccccc1. The first-order valence-electron chi connectivity index (χ1n) is 11.2. The van der Waals surface area contributed by atoms with Gasteiger partial charge in [-0.05, 0) is 36.3 Å². The average molecular weight is 485 g/mol. The Balaban J connectivity index is 1.82. The summed E-state index contributed by atoms with van der Waals surface area (Å²) in [6, 6.07) is 24.0. The molecule has 1 aliphatic rings. The smallest absolute Gasteiger partial charge is 0.338 e. The van der Waals surface area contributed by atoms with Crippen LogP contribution in [0.25, 0.3) is 11.8 Å². The molecular formula is C28H21FN2O3S. The molecule has 1 unspecified atom stereocenters. The summed E-state index contributed by atoms with van der Waals surface area (Å²) in [4.78, 5) is 32.3. The van der Waals surface area contributed by atoms with E-state index in [2.05, 4.69) is 0 Å². The standard InChI is InChI=1S/C28H21FN2O3S/c1-2-34-27(33)23-24(19-9-5-3-6-10-19)30-28-31(25(23)20-11-7-4-8-12-20)26(32)22(35-28)17-18-13-15-21(29)16-14-18/h3-17,25H,2H2,1H3. The van der Waals surface area contributed by atoms with Crippen molar-refractivity contribution in [3.05, 3.63) is 133 Å². The lowest BCUT2D eigenvalue weighted by Gasteiger charge is -2.25. The first-order valence-corrected chi connectivity index (χ1v) is 12.0. The highest BCUT2D eigenvalue weighted by Gasteiger charge is 2.35. The van der Waals surface area contributed by atoms with Gasteiger partial charge in [0.25, 0.3) is 5.56 Å². The summed E-state index contributed by atoms with van der Waals surface area (Å²) in [5.41, 5.74) is 2.74. The molecule has 0 spiro atoms. The molecule has 7 heteroatoms. The van der Waals surface area contributed by atoms with Crippen molar-refractivity contribution in [3.8, 4) is 0 Å². The van der Waals surface area contributed by atoms with E-state index < -0.39 is 12.0 Å². The maximum Gasteiger partial charge on any atom is 0.338 e. The molecule has 4 aromatic rings. The fourth-order valence-corrected chi connectivity index (χ4v) is 5.10. The molecule has 3 aromatic carbocycles. The number of thiazole rings is 1. The number of carbonyl (C=O) groups is 1. The van der Waals surface area contributed by atoms with Crippen molar-refractivity contribution in [2.24, 2.45) is 4.99 Å². The van der Waals surface area contributed by atoms with Crippen molar-refractivity contribution >= 4 is 29.1 Å². The van der Waals surface area contributed by atoms with E-state index in [1.807, 2.05) is 60.7 Å². The van der Waals surface area contributed by atoms with Crippen molar-refractivity contribution in [1.29, 1.82) is 0 Å². The maximum absolute atomic E-state index is 13.7. The number of halogens is 1. The van der Waals surface area contributed by atoms with Crippen molar-refractivity contribution in [1.82, 2.24) is 4.57 Å². The van der Waals surface area contributed by atoms with Crippen molar-refractivity contribution in [3.63, 3.8) is 0 Å². The van der Waals surface area contributed by atoms with Crippen LogP contribution in [0.2, 0.25) is 0 Å². The molecule has 174 valence electrons. The van der Waals surface area contributed by atoms with Gasteiger partial charge in [0.2, 0.25) is 0 Å². The van der Waals surface area contributed by atoms with Gasteiger partial charge in [-0.2, -0.15) is 0 Å². The van der Waals surface area contributed by atoms with Crippen molar-refractivity contribution < 1.29 is 13.9 Å². The monoisotopic (exact) mass is 484 g/mol. The van der Waals surface area contributed by atoms with Gasteiger partial charge in [0.05, 0.1) is 28.5 Å². The van der Waals surface area contributed by atoms with Crippen LogP contribution in [-0.2, 0) is 9.53 Å². The maximum atomic E-state index is 13.7. The third-order valence-corrected chi connectivity index (χ3v) is 6.64. The molecule has 1 aliphatic heterocycles. The minimum atomic E-state index is -0.711. The van der Waals surface area contributed by atoms with Gasteiger partial charge in [-0.25, -0.2) is 14.2 Å². The van der Waals surface area contributed by atoms with Gasteiger partial charge in [0.15, 0.2) is 4.80 Å². The van der Waals surface area contributed by atoms with Gasteiger partial charge < -0.3 is 4.74 Å². The highest BCUT2D eigenvalue weighted by Crippen LogP contribution is 2.34. The van der Waals surface area contributed by atoms with E-state index >= 15 is 0 Å². The predicted molar refractivity (Wildman–Crippen MR) is 134 cm³/mol. The first-order chi connectivity index (χ1) is 17.1. The number of nitrogens with zero attached hydrogens (tertiary/aromatic N) is 2. The molecule has 0 aliphatic carbocycles. The second-order valence-electron chi connectivity index (χ2n) is 7.89. The normalized spacial score (nSPS) is 15.5. The quantitative estimate of drug-likeness (QED) is 0.401. The molecule has 0 amide bonds. The number of esters is 1. The number of ether oxygens (including phenoxy) is 1. The number of benzene rings is 3. The molecule has 0 saturated carbocycles. The summed E-state index contributed by atoms with van der Waals surface area (Å²) in [7, 11) is 0. The number of hydrogen-bond acceptors (Lipinski definition) is 5. The van der Waals surface area contributed by atoms with Gasteiger partial charge in [0, 0.05) is 5.56 Å². The van der Waals surface area contributed by atoms with Crippen LogP contribution >= 0.6 is 11.3 Å². The number of aromatic nitrogens is 1. The van der Waals surface area contributed by atoms with Crippen LogP contribution in [0.15, 0.2) is 100 Å². The molecule has 0 radical (unpaired) electrons. The topological polar surface area (TPSA) is 60.7 Å². The highest BCUT2D eigenvalue weighted by atomic mass is 32.1. The van der Waals surface area contributed by atoms with E-state index in [9.17, 15) is 14.0 Å². The Morgan fingerprint density at radius 2 is 1.69 bits per heavy atom. The van der Waals surface area contributed by atoms with E-state index in [0.717, 1.165) is 11.1 Å². The van der Waals surface area contributed by atoms with Crippen LogP contribution < -0.4 is 14.9 Å². The van der Waals surface area contributed by atoms with Gasteiger partial charge in [-0.3, -0.25) is 9.36 Å². The van der Waals surface area contributed by atoms with Crippen molar-refractivity contribution in [2.45, 2.75) is 13.0 Å². The second kappa shape index (κ2) is 9.64. The Labute approximate surface area is 204 Å². The minimum absolute atomic E-state index is 0.195. The zero-order chi connectivity index (χ0) is 24.4. The van der Waals surface area contributed by atoms with Crippen LogP contribution in [0.4, 0.5) is 4.39 Å². The van der Waals surface area contributed by atoms with Crippen LogP contribution in [0.3, 0.4) is 0 Å². The molecule has 0 saturated heterocycles. The Kier molecular flexibility index (Phi) is 6.25. The fraction of sp³-hybridized carbons (Fsp3) is 0.107. The lowest BCUT2D eigenvalue weighted by atomic mass is 9.93. The molecule has 0 N–H and O–H groups in total. The first kappa shape index (κ1) is 22.7. The van der Waals surface area contributed by atoms with Crippen molar-refractivity contribution in [2.75, 3.05) is 6.61 Å². The number of fused-ring (bicyclic) bond motifs is 1. The molecule has 35 heavy (non-hydrogen) atoms. The van der Waals surface area contributed by atoms with E-state index in [-0.39, 0.29) is 18.0 Å². The van der Waals surface area contributed by atoms with Crippen LogP contribution in [0, 0.1) is 5.82 Å². The highest BCUT2D eigenvalue weighted by molar-refractivity contribution is 7.07. The zero-order valence-corrected chi connectivity index (χ0v) is 19.7. The predicted octanol–water partition coefficient (Wildman–Crippen LogP) is 4.07. The molecule has 1 atom stereocenters. The van der Waals surface area contributed by atoms with Crippen LogP contribution in [0.5, 0.6) is 0 Å². The van der Waals surface area contributed by atoms with Gasteiger partial charge in [0.1, 0.15) is 5.82 Å². The molecular weight excluding hydrogens is 463 g/mol. The largest absolute Gasteiger partial charge is 0.463 e. The Bertz CT molecular complexity index is 1590. The minimum Gasteiger partial charge on any atom is -0.463 e. The molecule has 2 heterocycles. The molecule has 1 aromatic heterocycles. The van der Waals surface area contributed by atoms with Crippen LogP contribution in [0.1, 0.15) is 29.7 Å². The third-order valence-electron chi connectivity index (χ3n) is 5.66. The summed E-state index contributed by atoms with van der Waals surface area (Å²) in [6.07, 6.45) is 1.71. The third kappa shape index (κ3) is 4.38. The molecule has 5 nitrogen and oxygen atoms in total. The summed E-state index contributed by atoms with van der Waals surface area (Å²) >= 11 is 1.23. The average Bonchev–Trinajstić information content (AvgIpc) is 3.20. The molecule has 0 fully saturated rings. The van der Waals surface area contributed by atoms with E-state index in [1.54, 1.807) is 29.7 Å². The van der Waals surface area contributed by atoms with Crippen LogP contribution in [-0.4, -0.2) is 17.1 Å². The second-order valence-corrected chi connectivity index (χ2v) is 8.90. The van der Waals surface area contributed by atoms with Gasteiger partial charge >= 0.3 is 5.97 Å². The lowest BCUT2D eigenvalue weighted by Crippen LogP contribution is -2.39. The van der Waals surface area contributed by atoms with Gasteiger partial charge in [-0.1, -0.05) is 84.1 Å². The number of rotatable bonds is 5. The van der Waals surface area contributed by atoms with E-state index in [4.69, 9.17) is 9.73 Å². The number of hydrogen-bond donors (Lipinski definition) is 0. The summed E-state index contributed by atoms with van der Waals surface area (Å²) < 4.78 is 20.8. The lowest BCUT2D eigenvalue weighted by molar-refractivity contribution is -0.138. The Morgan fingerprint density at radius 3 is 2.34 bits per heavy atom. The summed E-state index contributed by atoms with van der Waals surface area (Å²) in [5.74, 6) is -0.865.